The van der Waals surface area contributed by atoms with E-state index in [1.165, 1.54) is 24.3 Å². The number of hydrogen-bond acceptors (Lipinski definition) is 1. The van der Waals surface area contributed by atoms with E-state index in [0.717, 1.165) is 5.57 Å². The van der Waals surface area contributed by atoms with Gasteiger partial charge < -0.3 is 5.32 Å². The zero-order valence-electron chi connectivity index (χ0n) is 9.97. The van der Waals surface area contributed by atoms with Crippen LogP contribution in [0.25, 0.3) is 0 Å². The molecule has 1 N–H and O–H groups in total. The van der Waals surface area contributed by atoms with E-state index in [0.29, 0.717) is 15.7 Å². The number of hydrogen-bond donors (Lipinski definition) is 1. The van der Waals surface area contributed by atoms with Gasteiger partial charge >= 0.3 is 0 Å². The quantitative estimate of drug-likeness (QED) is 0.655. The lowest BCUT2D eigenvalue weighted by Crippen LogP contribution is -2.13. The van der Waals surface area contributed by atoms with E-state index < -0.39 is 0 Å². The van der Waals surface area contributed by atoms with Crippen LogP contribution < -0.4 is 5.32 Å². The highest BCUT2D eigenvalue weighted by molar-refractivity contribution is 9.10. The highest BCUT2D eigenvalue weighted by atomic mass is 79.9. The number of rotatable bonds is 4. The Morgan fingerprint density at radius 1 is 1.50 bits per heavy atom. The molecular weight excluding hydrogens is 297 g/mol. The Hall–Kier alpha value is -1.68. The van der Waals surface area contributed by atoms with Crippen molar-refractivity contribution in [2.24, 2.45) is 0 Å². The van der Waals surface area contributed by atoms with Crippen LogP contribution in [-0.4, -0.2) is 5.91 Å². The van der Waals surface area contributed by atoms with Gasteiger partial charge in [0.15, 0.2) is 0 Å². The van der Waals surface area contributed by atoms with Crippen molar-refractivity contribution in [2.45, 2.75) is 6.92 Å². The van der Waals surface area contributed by atoms with Crippen LogP contribution in [0, 0.1) is 5.82 Å². The first-order valence-corrected chi connectivity index (χ1v) is 5.99. The third-order valence-corrected chi connectivity index (χ3v) is 2.67. The van der Waals surface area contributed by atoms with E-state index in [2.05, 4.69) is 34.4 Å². The molecule has 0 aliphatic carbocycles. The molecule has 0 unspecified atom stereocenters. The summed E-state index contributed by atoms with van der Waals surface area (Å²) in [5.41, 5.74) is 1.66. The number of halogens is 2. The molecule has 18 heavy (non-hydrogen) atoms. The van der Waals surface area contributed by atoms with Crippen molar-refractivity contribution in [3.63, 3.8) is 0 Å². The summed E-state index contributed by atoms with van der Waals surface area (Å²) in [5.74, 6) is -0.694. The second-order valence-corrected chi connectivity index (χ2v) is 4.59. The molecule has 0 spiro atoms. The summed E-state index contributed by atoms with van der Waals surface area (Å²) < 4.78 is 13.3. The van der Waals surface area contributed by atoms with Crippen LogP contribution >= 0.6 is 15.9 Å². The molecule has 1 aromatic rings. The summed E-state index contributed by atoms with van der Waals surface area (Å²) >= 11 is 3.06. The second-order valence-electron chi connectivity index (χ2n) is 3.73. The second kappa shape index (κ2) is 6.31. The van der Waals surface area contributed by atoms with E-state index in [1.54, 1.807) is 13.0 Å². The van der Waals surface area contributed by atoms with Crippen molar-refractivity contribution in [1.29, 1.82) is 0 Å². The van der Waals surface area contributed by atoms with E-state index in [4.69, 9.17) is 0 Å². The summed E-state index contributed by atoms with van der Waals surface area (Å²) in [7, 11) is 0. The lowest BCUT2D eigenvalue weighted by molar-refractivity contribution is -0.112. The maximum absolute atomic E-state index is 13.0. The summed E-state index contributed by atoms with van der Waals surface area (Å²) in [6.45, 7) is 9.05. The minimum atomic E-state index is -0.380. The van der Waals surface area contributed by atoms with E-state index >= 15 is 0 Å². The summed E-state index contributed by atoms with van der Waals surface area (Å²) in [5, 5.41) is 2.65. The molecule has 0 radical (unpaired) electrons. The molecule has 1 rings (SSSR count). The van der Waals surface area contributed by atoms with Crippen molar-refractivity contribution in [1.82, 2.24) is 0 Å². The maximum atomic E-state index is 13.0. The first kappa shape index (κ1) is 14.4. The predicted octanol–water partition coefficient (Wildman–Crippen LogP) is 4.22. The van der Waals surface area contributed by atoms with Gasteiger partial charge in [-0.15, -0.1) is 0 Å². The van der Waals surface area contributed by atoms with Crippen molar-refractivity contribution in [3.8, 4) is 0 Å². The molecule has 4 heteroatoms. The molecule has 1 aromatic carbocycles. The molecule has 0 aliphatic heterocycles. The van der Waals surface area contributed by atoms with Crippen LogP contribution in [0.15, 0.2) is 59.1 Å². The average Bonchev–Trinajstić information content (AvgIpc) is 2.30. The Labute approximate surface area is 114 Å². The fraction of sp³-hybridized carbons (Fsp3) is 0.0714. The molecule has 0 heterocycles. The van der Waals surface area contributed by atoms with Crippen LogP contribution in [0.3, 0.4) is 0 Å². The lowest BCUT2D eigenvalue weighted by atomic mass is 10.1. The Morgan fingerprint density at radius 2 is 2.17 bits per heavy atom. The SMILES string of the molecule is C=C/C(=C\C(=C)C)C(=O)Nc1ccc(F)c(Br)c1. The molecular formula is C14H13BrFNO. The molecule has 0 saturated carbocycles. The summed E-state index contributed by atoms with van der Waals surface area (Å²) in [6.07, 6.45) is 3.07. The van der Waals surface area contributed by atoms with Gasteiger partial charge in [-0.25, -0.2) is 4.39 Å². The first-order valence-electron chi connectivity index (χ1n) is 5.20. The fourth-order valence-electron chi connectivity index (χ4n) is 1.26. The molecule has 94 valence electrons. The monoisotopic (exact) mass is 309 g/mol. The minimum Gasteiger partial charge on any atom is -0.322 e. The van der Waals surface area contributed by atoms with Gasteiger partial charge in [0.2, 0.25) is 0 Å². The molecule has 0 saturated heterocycles. The minimum absolute atomic E-state index is 0.296. The van der Waals surface area contributed by atoms with Gasteiger partial charge in [-0.3, -0.25) is 4.79 Å². The van der Waals surface area contributed by atoms with E-state index in [9.17, 15) is 9.18 Å². The number of nitrogens with one attached hydrogen (secondary N) is 1. The third-order valence-electron chi connectivity index (χ3n) is 2.06. The normalized spacial score (nSPS) is 10.9. The van der Waals surface area contributed by atoms with Crippen molar-refractivity contribution < 1.29 is 9.18 Å². The molecule has 0 aliphatic rings. The van der Waals surface area contributed by atoms with Crippen LogP contribution in [-0.2, 0) is 4.79 Å². The summed E-state index contributed by atoms with van der Waals surface area (Å²) in [4.78, 5) is 11.9. The van der Waals surface area contributed by atoms with Crippen LogP contribution in [0.4, 0.5) is 10.1 Å². The smallest absolute Gasteiger partial charge is 0.255 e. The molecule has 1 amide bonds. The van der Waals surface area contributed by atoms with Gasteiger partial charge in [0.25, 0.3) is 5.91 Å². The zero-order valence-corrected chi connectivity index (χ0v) is 11.6. The molecule has 2 nitrogen and oxygen atoms in total. The van der Waals surface area contributed by atoms with Crippen molar-refractivity contribution in [2.75, 3.05) is 5.32 Å². The van der Waals surface area contributed by atoms with Crippen LogP contribution in [0.2, 0.25) is 0 Å². The Balaban J connectivity index is 2.90. The zero-order chi connectivity index (χ0) is 13.7. The maximum Gasteiger partial charge on any atom is 0.255 e. The number of benzene rings is 1. The summed E-state index contributed by atoms with van der Waals surface area (Å²) in [6, 6.07) is 4.25. The Bertz CT molecular complexity index is 535. The van der Waals surface area contributed by atoms with Gasteiger partial charge in [-0.05, 0) is 47.1 Å². The van der Waals surface area contributed by atoms with Crippen molar-refractivity contribution >= 4 is 27.5 Å². The van der Waals surface area contributed by atoms with Gasteiger partial charge in [-0.1, -0.05) is 24.8 Å². The lowest BCUT2D eigenvalue weighted by Gasteiger charge is -2.06. The van der Waals surface area contributed by atoms with Gasteiger partial charge in [0, 0.05) is 11.3 Å². The fourth-order valence-corrected chi connectivity index (χ4v) is 1.64. The topological polar surface area (TPSA) is 29.1 Å². The largest absolute Gasteiger partial charge is 0.322 e. The average molecular weight is 310 g/mol. The number of carbonyl (C=O) groups is 1. The number of anilines is 1. The highest BCUT2D eigenvalue weighted by Crippen LogP contribution is 2.20. The molecule has 0 aromatic heterocycles. The predicted molar refractivity (Wildman–Crippen MR) is 75.8 cm³/mol. The molecule has 0 atom stereocenters. The highest BCUT2D eigenvalue weighted by Gasteiger charge is 2.07. The van der Waals surface area contributed by atoms with Gasteiger partial charge in [-0.2, -0.15) is 0 Å². The number of carbonyl (C=O) groups excluding carboxylic acids is 1. The van der Waals surface area contributed by atoms with Crippen LogP contribution in [0.5, 0.6) is 0 Å². The van der Waals surface area contributed by atoms with Gasteiger partial charge in [0.05, 0.1) is 4.47 Å². The third kappa shape index (κ3) is 3.96. The number of allylic oxidation sites excluding steroid dienone is 2. The van der Waals surface area contributed by atoms with Gasteiger partial charge in [0.1, 0.15) is 5.82 Å². The Morgan fingerprint density at radius 3 is 2.67 bits per heavy atom. The van der Waals surface area contributed by atoms with Crippen molar-refractivity contribution in [3.05, 3.63) is 64.9 Å². The molecule has 0 bridgehead atoms. The van der Waals surface area contributed by atoms with E-state index in [1.807, 2.05) is 0 Å². The Kier molecular flexibility index (Phi) is 5.04. The van der Waals surface area contributed by atoms with Crippen LogP contribution in [0.1, 0.15) is 6.92 Å². The van der Waals surface area contributed by atoms with E-state index in [-0.39, 0.29) is 11.7 Å². The standard InChI is InChI=1S/C14H13BrFNO/c1-4-10(7-9(2)3)14(18)17-11-5-6-13(16)12(15)8-11/h4-8H,1-2H2,3H3,(H,17,18)/b10-7+. The molecule has 0 fully saturated rings. The first-order chi connectivity index (χ1) is 8.43. The number of amides is 1.